The van der Waals surface area contributed by atoms with Gasteiger partial charge in [-0.3, -0.25) is 0 Å². The highest BCUT2D eigenvalue weighted by atomic mass is 14.7. The number of nitrogen functional groups attached to an aromatic ring is 2. The molecule has 2 saturated carbocycles. The third kappa shape index (κ3) is 4.05. The minimum absolute atomic E-state index is 0.0445. The second-order valence-corrected chi connectivity index (χ2v) is 10.7. The Balaban J connectivity index is 1.64. The second-order valence-electron chi connectivity index (χ2n) is 10.7. The molecule has 0 radical (unpaired) electrons. The predicted molar refractivity (Wildman–Crippen MR) is 141 cm³/mol. The largest absolute Gasteiger partial charge is 0.398 e. The fourth-order valence-electron chi connectivity index (χ4n) is 6.99. The number of benzene rings is 3. The third-order valence-electron chi connectivity index (χ3n) is 8.61. The summed E-state index contributed by atoms with van der Waals surface area (Å²) in [6.07, 6.45) is 11.9. The number of hydrogen-bond acceptors (Lipinski definition) is 2. The number of nitrogens with two attached hydrogens (primary N) is 2. The standard InChI is InChI=1S/C31H38N2/c1-23-20-26(30(16-8-9-17-30)21-24-12-4-2-5-13-24)29(33)27(28(23)32)31(18-10-11-19-31)22-25-14-6-3-7-15-25/h2-7,12-15,20H,8-11,16-19,21-22,32-33H2,1H3. The molecule has 2 fully saturated rings. The van der Waals surface area contributed by atoms with E-state index in [0.29, 0.717) is 0 Å². The maximum atomic E-state index is 7.21. The Morgan fingerprint density at radius 1 is 0.636 bits per heavy atom. The monoisotopic (exact) mass is 438 g/mol. The third-order valence-corrected chi connectivity index (χ3v) is 8.61. The molecule has 4 N–H and O–H groups in total. The molecule has 2 aliphatic rings. The molecule has 0 aromatic heterocycles. The van der Waals surface area contributed by atoms with E-state index in [-0.39, 0.29) is 10.8 Å². The molecule has 2 heteroatoms. The van der Waals surface area contributed by atoms with E-state index >= 15 is 0 Å². The van der Waals surface area contributed by atoms with Gasteiger partial charge in [0, 0.05) is 27.8 Å². The van der Waals surface area contributed by atoms with Gasteiger partial charge in [0.25, 0.3) is 0 Å². The lowest BCUT2D eigenvalue weighted by molar-refractivity contribution is 0.426. The minimum Gasteiger partial charge on any atom is -0.398 e. The van der Waals surface area contributed by atoms with Gasteiger partial charge >= 0.3 is 0 Å². The van der Waals surface area contributed by atoms with Gasteiger partial charge in [-0.25, -0.2) is 0 Å². The van der Waals surface area contributed by atoms with Crippen molar-refractivity contribution in [3.8, 4) is 0 Å². The van der Waals surface area contributed by atoms with Crippen molar-refractivity contribution in [2.24, 2.45) is 0 Å². The average molecular weight is 439 g/mol. The molecule has 0 saturated heterocycles. The smallest absolute Gasteiger partial charge is 0.0411 e. The first-order chi connectivity index (χ1) is 16.0. The molecule has 0 amide bonds. The molecule has 3 aromatic carbocycles. The van der Waals surface area contributed by atoms with Crippen molar-refractivity contribution < 1.29 is 0 Å². The van der Waals surface area contributed by atoms with Crippen LogP contribution in [0.5, 0.6) is 0 Å². The summed E-state index contributed by atoms with van der Waals surface area (Å²) in [6, 6.07) is 24.2. The second kappa shape index (κ2) is 8.89. The summed E-state index contributed by atoms with van der Waals surface area (Å²) in [4.78, 5) is 0. The summed E-state index contributed by atoms with van der Waals surface area (Å²) >= 11 is 0. The van der Waals surface area contributed by atoms with Crippen LogP contribution in [0.2, 0.25) is 0 Å². The zero-order valence-corrected chi connectivity index (χ0v) is 20.1. The van der Waals surface area contributed by atoms with Crippen molar-refractivity contribution in [2.75, 3.05) is 11.5 Å². The Morgan fingerprint density at radius 3 is 1.61 bits per heavy atom. The molecule has 5 rings (SSSR count). The molecule has 2 aliphatic carbocycles. The van der Waals surface area contributed by atoms with Gasteiger partial charge in [-0.1, -0.05) is 92.4 Å². The molecule has 0 aliphatic heterocycles. The highest BCUT2D eigenvalue weighted by Crippen LogP contribution is 2.53. The van der Waals surface area contributed by atoms with E-state index < -0.39 is 0 Å². The Morgan fingerprint density at radius 2 is 1.09 bits per heavy atom. The van der Waals surface area contributed by atoms with Gasteiger partial charge in [-0.05, 0) is 67.7 Å². The summed E-state index contributed by atoms with van der Waals surface area (Å²) in [5, 5.41) is 0. The van der Waals surface area contributed by atoms with Crippen LogP contribution in [0.25, 0.3) is 0 Å². The van der Waals surface area contributed by atoms with Crippen molar-refractivity contribution in [3.05, 3.63) is 94.5 Å². The van der Waals surface area contributed by atoms with E-state index in [2.05, 4.69) is 73.7 Å². The van der Waals surface area contributed by atoms with E-state index in [4.69, 9.17) is 11.5 Å². The highest BCUT2D eigenvalue weighted by Gasteiger charge is 2.43. The van der Waals surface area contributed by atoms with E-state index in [9.17, 15) is 0 Å². The Bertz CT molecular complexity index is 1090. The summed E-state index contributed by atoms with van der Waals surface area (Å²) in [5.74, 6) is 0. The maximum absolute atomic E-state index is 7.21. The molecule has 0 heterocycles. The Labute approximate surface area is 199 Å². The molecular weight excluding hydrogens is 400 g/mol. The maximum Gasteiger partial charge on any atom is 0.0411 e. The number of aryl methyl sites for hydroxylation is 1. The number of rotatable bonds is 6. The molecule has 172 valence electrons. The average Bonchev–Trinajstić information content (AvgIpc) is 3.49. The fraction of sp³-hybridized carbons (Fsp3) is 0.419. The van der Waals surface area contributed by atoms with E-state index in [0.717, 1.165) is 24.2 Å². The first kappa shape index (κ1) is 22.1. The minimum atomic E-state index is 0.0445. The molecule has 33 heavy (non-hydrogen) atoms. The molecular formula is C31H38N2. The number of anilines is 2. The van der Waals surface area contributed by atoms with Gasteiger partial charge in [0.15, 0.2) is 0 Å². The van der Waals surface area contributed by atoms with Crippen molar-refractivity contribution in [1.29, 1.82) is 0 Å². The summed E-state index contributed by atoms with van der Waals surface area (Å²) in [5.41, 5.74) is 22.8. The molecule has 0 bridgehead atoms. The molecule has 3 aromatic rings. The first-order valence-electron chi connectivity index (χ1n) is 12.8. The van der Waals surface area contributed by atoms with Crippen molar-refractivity contribution in [3.63, 3.8) is 0 Å². The molecule has 0 spiro atoms. The van der Waals surface area contributed by atoms with Crippen LogP contribution in [0.3, 0.4) is 0 Å². The van der Waals surface area contributed by atoms with Crippen molar-refractivity contribution in [1.82, 2.24) is 0 Å². The van der Waals surface area contributed by atoms with Crippen LogP contribution in [0.1, 0.15) is 79.2 Å². The SMILES string of the molecule is Cc1cc(C2(Cc3ccccc3)CCCC2)c(N)c(C2(Cc3ccccc3)CCCC2)c1N. The van der Waals surface area contributed by atoms with Crippen LogP contribution in [0, 0.1) is 6.92 Å². The van der Waals surface area contributed by atoms with E-state index in [1.165, 1.54) is 79.2 Å². The van der Waals surface area contributed by atoms with Gasteiger partial charge in [-0.2, -0.15) is 0 Å². The number of hydrogen-bond donors (Lipinski definition) is 2. The summed E-state index contributed by atoms with van der Waals surface area (Å²) in [6.45, 7) is 2.19. The quantitative estimate of drug-likeness (QED) is 0.398. The molecule has 0 atom stereocenters. The summed E-state index contributed by atoms with van der Waals surface area (Å²) < 4.78 is 0. The van der Waals surface area contributed by atoms with Gasteiger partial charge < -0.3 is 11.5 Å². The van der Waals surface area contributed by atoms with Crippen LogP contribution in [0.4, 0.5) is 11.4 Å². The normalized spacial score (nSPS) is 19.1. The predicted octanol–water partition coefficient (Wildman–Crippen LogP) is 7.27. The first-order valence-corrected chi connectivity index (χ1v) is 12.8. The lowest BCUT2D eigenvalue weighted by Gasteiger charge is -2.38. The van der Waals surface area contributed by atoms with Crippen molar-refractivity contribution >= 4 is 11.4 Å². The topological polar surface area (TPSA) is 52.0 Å². The summed E-state index contributed by atoms with van der Waals surface area (Å²) in [7, 11) is 0. The van der Waals surface area contributed by atoms with E-state index in [1.807, 2.05) is 0 Å². The fourth-order valence-corrected chi connectivity index (χ4v) is 6.99. The van der Waals surface area contributed by atoms with Gasteiger partial charge in [0.05, 0.1) is 0 Å². The van der Waals surface area contributed by atoms with Gasteiger partial charge in [0.1, 0.15) is 0 Å². The van der Waals surface area contributed by atoms with Crippen LogP contribution in [-0.2, 0) is 23.7 Å². The zero-order chi connectivity index (χ0) is 22.9. The van der Waals surface area contributed by atoms with Crippen molar-refractivity contribution in [2.45, 2.75) is 82.0 Å². The Kier molecular flexibility index (Phi) is 5.95. The lowest BCUT2D eigenvalue weighted by atomic mass is 9.67. The van der Waals surface area contributed by atoms with E-state index in [1.54, 1.807) is 0 Å². The molecule has 0 unspecified atom stereocenters. The highest BCUT2D eigenvalue weighted by molar-refractivity contribution is 5.73. The van der Waals surface area contributed by atoms with Crippen LogP contribution >= 0.6 is 0 Å². The van der Waals surface area contributed by atoms with Gasteiger partial charge in [0.2, 0.25) is 0 Å². The van der Waals surface area contributed by atoms with Gasteiger partial charge in [-0.15, -0.1) is 0 Å². The van der Waals surface area contributed by atoms with Crippen LogP contribution in [0.15, 0.2) is 66.7 Å². The Hall–Kier alpha value is -2.74. The lowest BCUT2D eigenvalue weighted by Crippen LogP contribution is -2.32. The van der Waals surface area contributed by atoms with Crippen LogP contribution in [-0.4, -0.2) is 0 Å². The zero-order valence-electron chi connectivity index (χ0n) is 20.1. The van der Waals surface area contributed by atoms with Crippen LogP contribution < -0.4 is 11.5 Å². The molecule has 2 nitrogen and oxygen atoms in total.